The van der Waals surface area contributed by atoms with Crippen LogP contribution in [0.1, 0.15) is 11.4 Å². The number of phenolic OH excluding ortho intramolecular Hbond substituents is 1. The van der Waals surface area contributed by atoms with Crippen molar-refractivity contribution in [1.82, 2.24) is 15.2 Å². The van der Waals surface area contributed by atoms with Gasteiger partial charge in [-0.3, -0.25) is 10.2 Å². The summed E-state index contributed by atoms with van der Waals surface area (Å²) in [4.78, 5) is 4.07. The van der Waals surface area contributed by atoms with Gasteiger partial charge >= 0.3 is 0 Å². The van der Waals surface area contributed by atoms with Gasteiger partial charge in [-0.25, -0.2) is 4.98 Å². The van der Waals surface area contributed by atoms with Crippen LogP contribution in [0.15, 0.2) is 24.3 Å². The molecule has 0 aliphatic carbocycles. The van der Waals surface area contributed by atoms with Gasteiger partial charge in [0, 0.05) is 6.42 Å². The van der Waals surface area contributed by atoms with Gasteiger partial charge in [0.05, 0.1) is 0 Å². The van der Waals surface area contributed by atoms with Crippen molar-refractivity contribution in [2.75, 3.05) is 0 Å². The minimum absolute atomic E-state index is 0.267. The smallest absolute Gasteiger partial charge is 0.213 e. The third-order valence-corrected chi connectivity index (χ3v) is 2.05. The van der Waals surface area contributed by atoms with E-state index in [2.05, 4.69) is 15.2 Å². The first-order valence-electron chi connectivity index (χ1n) is 4.15. The van der Waals surface area contributed by atoms with E-state index < -0.39 is 0 Å². The highest BCUT2D eigenvalue weighted by atomic mass is 32.1. The number of H-pyrrole nitrogens is 2. The second kappa shape index (κ2) is 3.63. The minimum atomic E-state index is 0.267. The minimum Gasteiger partial charge on any atom is -0.508 e. The van der Waals surface area contributed by atoms with Crippen LogP contribution in [-0.2, 0) is 6.42 Å². The van der Waals surface area contributed by atoms with Crippen molar-refractivity contribution in [2.24, 2.45) is 0 Å². The summed E-state index contributed by atoms with van der Waals surface area (Å²) in [5.74, 6) is 1.06. The zero-order chi connectivity index (χ0) is 9.97. The Bertz CT molecular complexity index is 471. The number of phenols is 1. The predicted octanol–water partition coefficient (Wildman–Crippen LogP) is 1.76. The first-order chi connectivity index (χ1) is 6.74. The van der Waals surface area contributed by atoms with Crippen molar-refractivity contribution in [3.63, 3.8) is 0 Å². The van der Waals surface area contributed by atoms with E-state index in [1.807, 2.05) is 12.1 Å². The molecule has 0 atom stereocenters. The van der Waals surface area contributed by atoms with Crippen LogP contribution >= 0.6 is 12.2 Å². The van der Waals surface area contributed by atoms with E-state index >= 15 is 0 Å². The molecule has 3 N–H and O–H groups in total. The molecule has 0 bridgehead atoms. The normalized spacial score (nSPS) is 10.3. The van der Waals surface area contributed by atoms with E-state index in [0.29, 0.717) is 11.2 Å². The Balaban J connectivity index is 2.19. The van der Waals surface area contributed by atoms with Crippen molar-refractivity contribution in [2.45, 2.75) is 6.42 Å². The molecule has 0 amide bonds. The molecule has 0 spiro atoms. The first-order valence-corrected chi connectivity index (χ1v) is 4.56. The predicted molar refractivity (Wildman–Crippen MR) is 54.7 cm³/mol. The van der Waals surface area contributed by atoms with E-state index in [-0.39, 0.29) is 5.75 Å². The van der Waals surface area contributed by atoms with Crippen LogP contribution in [0.4, 0.5) is 0 Å². The van der Waals surface area contributed by atoms with Gasteiger partial charge in [0.1, 0.15) is 11.6 Å². The molecular weight excluding hydrogens is 198 g/mol. The SMILES string of the molecule is Oc1ccc(Cc2nc(=S)[nH][nH]2)cc1. The largest absolute Gasteiger partial charge is 0.508 e. The Hall–Kier alpha value is -1.62. The van der Waals surface area contributed by atoms with Crippen LogP contribution in [-0.4, -0.2) is 20.3 Å². The lowest BCUT2D eigenvalue weighted by Gasteiger charge is -1.97. The first kappa shape index (κ1) is 8.96. The van der Waals surface area contributed by atoms with Gasteiger partial charge in [-0.1, -0.05) is 12.1 Å². The lowest BCUT2D eigenvalue weighted by Crippen LogP contribution is -1.90. The third-order valence-electron chi connectivity index (χ3n) is 1.86. The summed E-state index contributed by atoms with van der Waals surface area (Å²) in [7, 11) is 0. The van der Waals surface area contributed by atoms with Gasteiger partial charge in [-0.05, 0) is 29.9 Å². The molecule has 0 aliphatic rings. The summed E-state index contributed by atoms with van der Waals surface area (Å²) in [5, 5.41) is 14.7. The van der Waals surface area contributed by atoms with Crippen LogP contribution in [0.3, 0.4) is 0 Å². The molecule has 0 aliphatic heterocycles. The molecule has 0 unspecified atom stereocenters. The van der Waals surface area contributed by atoms with Gasteiger partial charge < -0.3 is 5.11 Å². The Kier molecular flexibility index (Phi) is 2.32. The van der Waals surface area contributed by atoms with Crippen molar-refractivity contribution < 1.29 is 5.11 Å². The highest BCUT2D eigenvalue weighted by molar-refractivity contribution is 7.71. The Morgan fingerprint density at radius 1 is 1.21 bits per heavy atom. The van der Waals surface area contributed by atoms with Crippen LogP contribution in [0.2, 0.25) is 0 Å². The number of aromatic amines is 2. The quantitative estimate of drug-likeness (QED) is 0.657. The summed E-state index contributed by atoms with van der Waals surface area (Å²) in [5.41, 5.74) is 1.07. The third kappa shape index (κ3) is 2.00. The van der Waals surface area contributed by atoms with Gasteiger partial charge in [-0.2, -0.15) is 0 Å². The molecule has 1 aromatic carbocycles. The van der Waals surface area contributed by atoms with Crippen molar-refractivity contribution >= 4 is 12.2 Å². The zero-order valence-corrected chi connectivity index (χ0v) is 8.14. The number of nitrogens with zero attached hydrogens (tertiary/aromatic N) is 1. The fraction of sp³-hybridized carbons (Fsp3) is 0.111. The molecule has 0 radical (unpaired) electrons. The van der Waals surface area contributed by atoms with Gasteiger partial charge in [0.2, 0.25) is 4.77 Å². The molecule has 2 rings (SSSR count). The van der Waals surface area contributed by atoms with Crippen LogP contribution in [0.25, 0.3) is 0 Å². The Labute approximate surface area is 85.6 Å². The molecule has 2 aromatic rings. The van der Waals surface area contributed by atoms with Gasteiger partial charge in [0.25, 0.3) is 0 Å². The summed E-state index contributed by atoms with van der Waals surface area (Å²) in [6.07, 6.45) is 0.674. The van der Waals surface area contributed by atoms with E-state index in [4.69, 9.17) is 17.3 Å². The number of rotatable bonds is 2. The van der Waals surface area contributed by atoms with Crippen LogP contribution in [0, 0.1) is 4.77 Å². The number of nitrogens with one attached hydrogen (secondary N) is 2. The van der Waals surface area contributed by atoms with E-state index in [0.717, 1.165) is 11.4 Å². The van der Waals surface area contributed by atoms with Crippen molar-refractivity contribution in [3.05, 3.63) is 40.4 Å². The summed E-state index contributed by atoms with van der Waals surface area (Å²) >= 11 is 4.83. The highest BCUT2D eigenvalue weighted by Crippen LogP contribution is 2.11. The van der Waals surface area contributed by atoms with E-state index in [1.165, 1.54) is 0 Å². The molecule has 0 saturated carbocycles. The van der Waals surface area contributed by atoms with E-state index in [9.17, 15) is 0 Å². The van der Waals surface area contributed by atoms with E-state index in [1.54, 1.807) is 12.1 Å². The standard InChI is InChI=1S/C9H9N3OS/c13-7-3-1-6(2-4-7)5-8-10-9(14)12-11-8/h1-4,13H,5H2,(H2,10,11,12,14). The maximum Gasteiger partial charge on any atom is 0.213 e. The highest BCUT2D eigenvalue weighted by Gasteiger charge is 1.98. The average molecular weight is 207 g/mol. The fourth-order valence-electron chi connectivity index (χ4n) is 1.19. The Morgan fingerprint density at radius 3 is 2.50 bits per heavy atom. The molecule has 72 valence electrons. The molecule has 0 fully saturated rings. The lowest BCUT2D eigenvalue weighted by molar-refractivity contribution is 0.475. The summed E-state index contributed by atoms with van der Waals surface area (Å²) in [6.45, 7) is 0. The second-order valence-corrected chi connectivity index (χ2v) is 3.34. The monoisotopic (exact) mass is 207 g/mol. The molecule has 14 heavy (non-hydrogen) atoms. The van der Waals surface area contributed by atoms with Crippen molar-refractivity contribution in [1.29, 1.82) is 0 Å². The van der Waals surface area contributed by atoms with Crippen LogP contribution < -0.4 is 0 Å². The average Bonchev–Trinajstić information content (AvgIpc) is 2.56. The van der Waals surface area contributed by atoms with Crippen LogP contribution in [0.5, 0.6) is 5.75 Å². The van der Waals surface area contributed by atoms with Crippen molar-refractivity contribution in [3.8, 4) is 5.75 Å². The summed E-state index contributed by atoms with van der Waals surface area (Å²) < 4.78 is 0.457. The number of hydrogen-bond donors (Lipinski definition) is 3. The molecular formula is C9H9N3OS. The number of hydrogen-bond acceptors (Lipinski definition) is 3. The molecule has 1 heterocycles. The van der Waals surface area contributed by atoms with Gasteiger partial charge in [0.15, 0.2) is 0 Å². The molecule has 1 aromatic heterocycles. The Morgan fingerprint density at radius 2 is 1.93 bits per heavy atom. The molecule has 4 nitrogen and oxygen atoms in total. The van der Waals surface area contributed by atoms with Gasteiger partial charge in [-0.15, -0.1) is 0 Å². The summed E-state index contributed by atoms with van der Waals surface area (Å²) in [6, 6.07) is 7.00. The number of aromatic hydroxyl groups is 1. The fourth-order valence-corrected chi connectivity index (χ4v) is 1.36. The lowest BCUT2D eigenvalue weighted by atomic mass is 10.1. The number of benzene rings is 1. The number of aromatic nitrogens is 3. The topological polar surface area (TPSA) is 64.7 Å². The molecule has 5 heteroatoms. The second-order valence-electron chi connectivity index (χ2n) is 2.96. The maximum atomic E-state index is 9.08. The molecule has 0 saturated heterocycles. The zero-order valence-electron chi connectivity index (χ0n) is 7.32. The maximum absolute atomic E-state index is 9.08.